The second kappa shape index (κ2) is 13.0. The molecule has 226 valence electrons. The van der Waals surface area contributed by atoms with Crippen molar-refractivity contribution in [2.24, 2.45) is 5.73 Å². The Labute approximate surface area is 257 Å². The normalized spacial score (nSPS) is 14.8. The Bertz CT molecular complexity index is 1660. The van der Waals surface area contributed by atoms with Crippen LogP contribution < -0.4 is 26.6 Å². The number of hydrogen-bond donors (Lipinski definition) is 5. The lowest BCUT2D eigenvalue weighted by Gasteiger charge is -2.28. The van der Waals surface area contributed by atoms with Crippen molar-refractivity contribution in [3.63, 3.8) is 0 Å². The van der Waals surface area contributed by atoms with Gasteiger partial charge < -0.3 is 31.7 Å². The molecule has 0 spiro atoms. The molecular weight excluding hydrogens is 554 g/mol. The molecule has 1 aliphatic heterocycles. The molecule has 6 N–H and O–H groups in total. The van der Waals surface area contributed by atoms with Crippen LogP contribution in [0.2, 0.25) is 0 Å². The summed E-state index contributed by atoms with van der Waals surface area (Å²) in [7, 11) is 0. The molecule has 0 radical (unpaired) electrons. The number of amides is 4. The van der Waals surface area contributed by atoms with Gasteiger partial charge in [0, 0.05) is 12.2 Å². The monoisotopic (exact) mass is 591 g/mol. The van der Waals surface area contributed by atoms with Crippen LogP contribution in [-0.2, 0) is 29.1 Å². The quantitative estimate of drug-likeness (QED) is 0.182. The van der Waals surface area contributed by atoms with E-state index < -0.39 is 17.6 Å². The summed E-state index contributed by atoms with van der Waals surface area (Å²) in [5, 5.41) is 18.3. The van der Waals surface area contributed by atoms with E-state index in [4.69, 9.17) is 5.73 Å². The van der Waals surface area contributed by atoms with E-state index in [1.165, 1.54) is 6.07 Å². The highest BCUT2D eigenvalue weighted by Crippen LogP contribution is 2.30. The molecule has 0 bridgehead atoms. The zero-order valence-electron chi connectivity index (χ0n) is 24.8. The van der Waals surface area contributed by atoms with E-state index in [9.17, 15) is 19.5 Å². The fraction of sp³-hybridized carbons (Fsp3) is 0.229. The van der Waals surface area contributed by atoms with E-state index in [0.717, 1.165) is 33.5 Å². The Kier molecular flexibility index (Phi) is 8.96. The third kappa shape index (κ3) is 7.07. The van der Waals surface area contributed by atoms with E-state index >= 15 is 0 Å². The lowest BCUT2D eigenvalue weighted by molar-refractivity contribution is -0.130. The molecule has 9 heteroatoms. The minimum Gasteiger partial charge on any atom is -0.506 e. The van der Waals surface area contributed by atoms with Gasteiger partial charge in [-0.05, 0) is 72.7 Å². The van der Waals surface area contributed by atoms with Crippen LogP contribution in [0.15, 0.2) is 97.1 Å². The van der Waals surface area contributed by atoms with E-state index in [2.05, 4.69) is 16.0 Å². The molecule has 4 amide bonds. The number of benzene rings is 4. The van der Waals surface area contributed by atoms with Crippen LogP contribution in [-0.4, -0.2) is 34.5 Å². The first-order valence-corrected chi connectivity index (χ1v) is 14.6. The molecule has 1 heterocycles. The van der Waals surface area contributed by atoms with Gasteiger partial charge >= 0.3 is 6.03 Å². The number of nitrogens with zero attached hydrogens (tertiary/aromatic N) is 1. The van der Waals surface area contributed by atoms with Crippen molar-refractivity contribution in [2.75, 3.05) is 10.2 Å². The maximum atomic E-state index is 13.8. The summed E-state index contributed by atoms with van der Waals surface area (Å²) in [4.78, 5) is 40.7. The van der Waals surface area contributed by atoms with Crippen molar-refractivity contribution in [3.8, 4) is 16.9 Å². The van der Waals surface area contributed by atoms with E-state index in [1.807, 2.05) is 72.8 Å². The van der Waals surface area contributed by atoms with Crippen molar-refractivity contribution in [1.29, 1.82) is 0 Å². The fourth-order valence-electron chi connectivity index (χ4n) is 5.21. The van der Waals surface area contributed by atoms with Gasteiger partial charge in [-0.1, -0.05) is 78.9 Å². The van der Waals surface area contributed by atoms with Crippen molar-refractivity contribution in [2.45, 2.75) is 51.4 Å². The first-order chi connectivity index (χ1) is 21.1. The average Bonchev–Trinajstić information content (AvgIpc) is 3.14. The second-order valence-corrected chi connectivity index (χ2v) is 11.5. The van der Waals surface area contributed by atoms with E-state index in [1.54, 1.807) is 36.9 Å². The number of aromatic hydroxyl groups is 1. The van der Waals surface area contributed by atoms with E-state index in [0.29, 0.717) is 25.1 Å². The second-order valence-electron chi connectivity index (χ2n) is 11.5. The molecule has 5 rings (SSSR count). The topological polar surface area (TPSA) is 137 Å². The summed E-state index contributed by atoms with van der Waals surface area (Å²) in [6.45, 7) is 3.86. The lowest BCUT2D eigenvalue weighted by atomic mass is 9.98. The first kappa shape index (κ1) is 30.3. The highest BCUT2D eigenvalue weighted by molar-refractivity contribution is 6.01. The Morgan fingerprint density at radius 3 is 2.36 bits per heavy atom. The molecule has 4 aromatic carbocycles. The van der Waals surface area contributed by atoms with Crippen molar-refractivity contribution < 1.29 is 19.5 Å². The largest absolute Gasteiger partial charge is 0.506 e. The smallest absolute Gasteiger partial charge is 0.319 e. The van der Waals surface area contributed by atoms with Gasteiger partial charge in [0.15, 0.2) is 0 Å². The van der Waals surface area contributed by atoms with Crippen LogP contribution in [0.4, 0.5) is 16.2 Å². The molecule has 0 saturated heterocycles. The van der Waals surface area contributed by atoms with Crippen LogP contribution in [0.25, 0.3) is 11.1 Å². The molecule has 1 aliphatic rings. The number of anilines is 2. The van der Waals surface area contributed by atoms with Crippen LogP contribution in [0.3, 0.4) is 0 Å². The van der Waals surface area contributed by atoms with Crippen molar-refractivity contribution in [1.82, 2.24) is 10.6 Å². The minimum absolute atomic E-state index is 0.00622. The summed E-state index contributed by atoms with van der Waals surface area (Å²) < 4.78 is 0. The molecule has 4 aromatic rings. The third-order valence-corrected chi connectivity index (χ3v) is 7.65. The number of phenols is 1. The van der Waals surface area contributed by atoms with Crippen LogP contribution >= 0.6 is 0 Å². The van der Waals surface area contributed by atoms with E-state index in [-0.39, 0.29) is 24.1 Å². The molecule has 1 atom stereocenters. The Balaban J connectivity index is 1.31. The van der Waals surface area contributed by atoms with Gasteiger partial charge in [0.05, 0.1) is 17.8 Å². The number of phenolic OH excluding ortho intramolecular Hbond substituents is 1. The summed E-state index contributed by atoms with van der Waals surface area (Å²) in [6.07, 6.45) is 1.14. The molecule has 9 nitrogen and oxygen atoms in total. The number of carbonyl (C=O) groups excluding carboxylic acids is 3. The maximum Gasteiger partial charge on any atom is 0.319 e. The maximum absolute atomic E-state index is 13.8. The average molecular weight is 592 g/mol. The SMILES string of the molecule is CC(C)(N)C(=O)N[C@@H]1CCc2ccccc2N(Cc2ccc(-c3ccccc3CNC(=O)Nc3ccccc3O)cc2)C1=O. The zero-order valence-corrected chi connectivity index (χ0v) is 24.8. The fourth-order valence-corrected chi connectivity index (χ4v) is 5.21. The summed E-state index contributed by atoms with van der Waals surface area (Å²) in [5.41, 5.74) is 10.9. The minimum atomic E-state index is -1.10. The first-order valence-electron chi connectivity index (χ1n) is 14.6. The van der Waals surface area contributed by atoms with Crippen LogP contribution in [0, 0.1) is 0 Å². The Morgan fingerprint density at radius 1 is 0.932 bits per heavy atom. The third-order valence-electron chi connectivity index (χ3n) is 7.65. The number of nitrogens with two attached hydrogens (primary N) is 1. The van der Waals surface area contributed by atoms with Gasteiger partial charge in [-0.25, -0.2) is 4.79 Å². The number of urea groups is 1. The number of nitrogens with one attached hydrogen (secondary N) is 3. The number of hydrogen-bond acceptors (Lipinski definition) is 5. The summed E-state index contributed by atoms with van der Waals surface area (Å²) >= 11 is 0. The van der Waals surface area contributed by atoms with Gasteiger partial charge in [0.25, 0.3) is 0 Å². The predicted octanol–water partition coefficient (Wildman–Crippen LogP) is 5.08. The van der Waals surface area contributed by atoms with Gasteiger partial charge in [-0.3, -0.25) is 9.59 Å². The molecule has 0 saturated carbocycles. The standard InChI is InChI=1S/C35H37N5O4/c1-35(2,36)33(43)38-29-20-19-25-9-4-7-13-30(25)40(32(29)42)22-23-15-17-24(18-16-23)27-11-5-3-10-26(27)21-37-34(44)39-28-12-6-8-14-31(28)41/h3-18,29,41H,19-22,36H2,1-2H3,(H,38,43)(H2,37,39,44)/t29-/m1/s1. The highest BCUT2D eigenvalue weighted by Gasteiger charge is 2.34. The summed E-state index contributed by atoms with van der Waals surface area (Å²) in [5.74, 6) is -0.543. The Morgan fingerprint density at radius 2 is 1.61 bits per heavy atom. The van der Waals surface area contributed by atoms with Crippen LogP contribution in [0.5, 0.6) is 5.75 Å². The Hall–Kier alpha value is -5.15. The molecule has 44 heavy (non-hydrogen) atoms. The molecule has 0 aliphatic carbocycles. The van der Waals surface area contributed by atoms with Crippen LogP contribution in [0.1, 0.15) is 37.0 Å². The molecule has 0 unspecified atom stereocenters. The summed E-state index contributed by atoms with van der Waals surface area (Å²) in [6, 6.07) is 29.1. The number of para-hydroxylation sites is 3. The number of carbonyl (C=O) groups is 3. The molecule has 0 aromatic heterocycles. The molecular formula is C35H37N5O4. The van der Waals surface area contributed by atoms with Crippen molar-refractivity contribution in [3.05, 3.63) is 114 Å². The number of fused-ring (bicyclic) bond motifs is 1. The number of rotatable bonds is 8. The predicted molar refractivity (Wildman–Crippen MR) is 172 cm³/mol. The lowest BCUT2D eigenvalue weighted by Crippen LogP contribution is -2.56. The van der Waals surface area contributed by atoms with Gasteiger partial charge in [-0.15, -0.1) is 0 Å². The zero-order chi connectivity index (χ0) is 31.3. The number of aryl methyl sites for hydroxylation is 1. The van der Waals surface area contributed by atoms with Crippen molar-refractivity contribution >= 4 is 29.2 Å². The highest BCUT2D eigenvalue weighted by atomic mass is 16.3. The van der Waals surface area contributed by atoms with Gasteiger partial charge in [0.1, 0.15) is 11.8 Å². The van der Waals surface area contributed by atoms with Gasteiger partial charge in [-0.2, -0.15) is 0 Å². The van der Waals surface area contributed by atoms with Gasteiger partial charge in [0.2, 0.25) is 11.8 Å². The molecule has 0 fully saturated rings.